The van der Waals surface area contributed by atoms with E-state index in [9.17, 15) is 4.79 Å². The molecule has 0 spiro atoms. The Bertz CT molecular complexity index is 640. The summed E-state index contributed by atoms with van der Waals surface area (Å²) in [6, 6.07) is 12.7. The lowest BCUT2D eigenvalue weighted by Gasteiger charge is -2.11. The summed E-state index contributed by atoms with van der Waals surface area (Å²) in [6.45, 7) is 0.364. The summed E-state index contributed by atoms with van der Waals surface area (Å²) in [7, 11) is 2.96. The van der Waals surface area contributed by atoms with Crippen LogP contribution in [0.15, 0.2) is 46.9 Å². The summed E-state index contributed by atoms with van der Waals surface area (Å²) in [5, 5.41) is 0. The molecule has 0 aliphatic heterocycles. The lowest BCUT2D eigenvalue weighted by atomic mass is 10.1. The van der Waals surface area contributed by atoms with Crippen molar-refractivity contribution in [3.63, 3.8) is 0 Å². The Labute approximate surface area is 131 Å². The van der Waals surface area contributed by atoms with Crippen molar-refractivity contribution in [2.24, 2.45) is 0 Å². The maximum Gasteiger partial charge on any atom is 0.337 e. The number of halogens is 1. The molecular weight excluding hydrogens is 336 g/mol. The standard InChI is InChI=1S/C16H15BrO4/c1-19-14-5-3-4-6-15(14)21-10-12-8-7-11(9-13(12)17)16(18)20-2/h3-9H,10H2,1-2H3. The SMILES string of the molecule is COC(=O)c1ccc(COc2ccccc2OC)c(Br)c1. The van der Waals surface area contributed by atoms with Crippen LogP contribution in [0, 0.1) is 0 Å². The van der Waals surface area contributed by atoms with E-state index in [1.165, 1.54) is 7.11 Å². The van der Waals surface area contributed by atoms with Crippen molar-refractivity contribution < 1.29 is 19.0 Å². The van der Waals surface area contributed by atoms with Gasteiger partial charge in [-0.15, -0.1) is 0 Å². The second-order valence-electron chi connectivity index (χ2n) is 4.24. The summed E-state index contributed by atoms with van der Waals surface area (Å²) in [5.41, 5.74) is 1.42. The normalized spacial score (nSPS) is 10.0. The van der Waals surface area contributed by atoms with Gasteiger partial charge in [-0.2, -0.15) is 0 Å². The molecule has 0 unspecified atom stereocenters. The summed E-state index contributed by atoms with van der Waals surface area (Å²) in [6.07, 6.45) is 0. The first-order valence-electron chi connectivity index (χ1n) is 6.28. The van der Waals surface area contributed by atoms with Gasteiger partial charge in [0.2, 0.25) is 0 Å². The number of benzene rings is 2. The third-order valence-corrected chi connectivity index (χ3v) is 3.66. The minimum atomic E-state index is -0.368. The molecule has 0 heterocycles. The molecular formula is C16H15BrO4. The Morgan fingerprint density at radius 3 is 2.43 bits per heavy atom. The zero-order valence-corrected chi connectivity index (χ0v) is 13.3. The smallest absolute Gasteiger partial charge is 0.337 e. The Hall–Kier alpha value is -2.01. The highest BCUT2D eigenvalue weighted by atomic mass is 79.9. The molecule has 0 aromatic heterocycles. The van der Waals surface area contributed by atoms with Crippen LogP contribution in [0.25, 0.3) is 0 Å². The van der Waals surface area contributed by atoms with Crippen molar-refractivity contribution in [3.05, 3.63) is 58.1 Å². The third-order valence-electron chi connectivity index (χ3n) is 2.93. The van der Waals surface area contributed by atoms with E-state index in [0.29, 0.717) is 23.7 Å². The fraction of sp³-hybridized carbons (Fsp3) is 0.188. The number of carbonyl (C=O) groups is 1. The molecule has 0 aliphatic rings. The molecule has 0 saturated carbocycles. The van der Waals surface area contributed by atoms with Crippen LogP contribution >= 0.6 is 15.9 Å². The van der Waals surface area contributed by atoms with E-state index in [-0.39, 0.29) is 5.97 Å². The Morgan fingerprint density at radius 1 is 1.10 bits per heavy atom. The first-order valence-corrected chi connectivity index (χ1v) is 7.07. The molecule has 0 amide bonds. The monoisotopic (exact) mass is 350 g/mol. The van der Waals surface area contributed by atoms with Gasteiger partial charge < -0.3 is 14.2 Å². The Morgan fingerprint density at radius 2 is 1.81 bits per heavy atom. The van der Waals surface area contributed by atoms with E-state index in [1.807, 2.05) is 30.3 Å². The number of rotatable bonds is 5. The minimum Gasteiger partial charge on any atom is -0.493 e. The molecule has 0 radical (unpaired) electrons. The largest absolute Gasteiger partial charge is 0.493 e. The number of para-hydroxylation sites is 2. The van der Waals surface area contributed by atoms with Gasteiger partial charge in [-0.05, 0) is 24.3 Å². The van der Waals surface area contributed by atoms with Crippen molar-refractivity contribution >= 4 is 21.9 Å². The topological polar surface area (TPSA) is 44.8 Å². The first-order chi connectivity index (χ1) is 10.2. The zero-order chi connectivity index (χ0) is 15.2. The van der Waals surface area contributed by atoms with Gasteiger partial charge in [-0.1, -0.05) is 34.1 Å². The molecule has 2 aromatic carbocycles. The van der Waals surface area contributed by atoms with Gasteiger partial charge in [0.15, 0.2) is 11.5 Å². The molecule has 0 atom stereocenters. The first kappa shape index (κ1) is 15.4. The highest BCUT2D eigenvalue weighted by Gasteiger charge is 2.10. The molecule has 0 bridgehead atoms. The average Bonchev–Trinajstić information content (AvgIpc) is 2.53. The van der Waals surface area contributed by atoms with Crippen LogP contribution in [0.2, 0.25) is 0 Å². The van der Waals surface area contributed by atoms with Gasteiger partial charge in [0.1, 0.15) is 6.61 Å². The van der Waals surface area contributed by atoms with Crippen molar-refractivity contribution in [1.29, 1.82) is 0 Å². The summed E-state index contributed by atoms with van der Waals surface area (Å²) in [4.78, 5) is 11.4. The predicted molar refractivity (Wildman–Crippen MR) is 82.8 cm³/mol. The van der Waals surface area contributed by atoms with Crippen molar-refractivity contribution in [2.45, 2.75) is 6.61 Å². The van der Waals surface area contributed by atoms with Crippen molar-refractivity contribution in [2.75, 3.05) is 14.2 Å². The molecule has 0 N–H and O–H groups in total. The van der Waals surface area contributed by atoms with Gasteiger partial charge >= 0.3 is 5.97 Å². The quantitative estimate of drug-likeness (QED) is 0.769. The lowest BCUT2D eigenvalue weighted by Crippen LogP contribution is -2.03. The van der Waals surface area contributed by atoms with E-state index < -0.39 is 0 Å². The van der Waals surface area contributed by atoms with Crippen LogP contribution in [-0.4, -0.2) is 20.2 Å². The minimum absolute atomic E-state index is 0.364. The van der Waals surface area contributed by atoms with Crippen LogP contribution in [-0.2, 0) is 11.3 Å². The predicted octanol–water partition coefficient (Wildman–Crippen LogP) is 3.82. The van der Waals surface area contributed by atoms with Gasteiger partial charge in [0.25, 0.3) is 0 Å². The molecule has 21 heavy (non-hydrogen) atoms. The van der Waals surface area contributed by atoms with Crippen LogP contribution in [0.4, 0.5) is 0 Å². The summed E-state index contributed by atoms with van der Waals surface area (Å²) < 4.78 is 16.5. The van der Waals surface area contributed by atoms with E-state index in [1.54, 1.807) is 19.2 Å². The molecule has 110 valence electrons. The van der Waals surface area contributed by atoms with E-state index >= 15 is 0 Å². The van der Waals surface area contributed by atoms with E-state index in [2.05, 4.69) is 20.7 Å². The number of hydrogen-bond donors (Lipinski definition) is 0. The van der Waals surface area contributed by atoms with Crippen LogP contribution < -0.4 is 9.47 Å². The molecule has 2 aromatic rings. The molecule has 0 saturated heterocycles. The number of hydrogen-bond acceptors (Lipinski definition) is 4. The highest BCUT2D eigenvalue weighted by molar-refractivity contribution is 9.10. The van der Waals surface area contributed by atoms with E-state index in [4.69, 9.17) is 9.47 Å². The fourth-order valence-corrected chi connectivity index (χ4v) is 2.30. The highest BCUT2D eigenvalue weighted by Crippen LogP contribution is 2.28. The van der Waals surface area contributed by atoms with Crippen LogP contribution in [0.1, 0.15) is 15.9 Å². The second-order valence-corrected chi connectivity index (χ2v) is 5.09. The lowest BCUT2D eigenvalue weighted by molar-refractivity contribution is 0.0600. The van der Waals surface area contributed by atoms with E-state index in [0.717, 1.165) is 10.0 Å². The number of esters is 1. The number of methoxy groups -OCH3 is 2. The van der Waals surface area contributed by atoms with Gasteiger partial charge in [0, 0.05) is 10.0 Å². The van der Waals surface area contributed by atoms with Crippen LogP contribution in [0.3, 0.4) is 0 Å². The molecule has 5 heteroatoms. The summed E-state index contributed by atoms with van der Waals surface area (Å²) >= 11 is 3.43. The van der Waals surface area contributed by atoms with Gasteiger partial charge in [0.05, 0.1) is 19.8 Å². The number of carbonyl (C=O) groups excluding carboxylic acids is 1. The number of ether oxygens (including phenoxy) is 3. The molecule has 0 aliphatic carbocycles. The Kier molecular flexibility index (Phi) is 5.22. The maximum atomic E-state index is 11.4. The third kappa shape index (κ3) is 3.76. The molecule has 2 rings (SSSR count). The van der Waals surface area contributed by atoms with Crippen LogP contribution in [0.5, 0.6) is 11.5 Å². The maximum absolute atomic E-state index is 11.4. The fourth-order valence-electron chi connectivity index (χ4n) is 1.80. The Balaban J connectivity index is 2.12. The zero-order valence-electron chi connectivity index (χ0n) is 11.8. The molecule has 4 nitrogen and oxygen atoms in total. The van der Waals surface area contributed by atoms with Crippen molar-refractivity contribution in [3.8, 4) is 11.5 Å². The second kappa shape index (κ2) is 7.13. The summed E-state index contributed by atoms with van der Waals surface area (Å²) in [5.74, 6) is 0.983. The van der Waals surface area contributed by atoms with Gasteiger partial charge in [-0.3, -0.25) is 0 Å². The van der Waals surface area contributed by atoms with Gasteiger partial charge in [-0.25, -0.2) is 4.79 Å². The molecule has 0 fully saturated rings. The van der Waals surface area contributed by atoms with Crippen molar-refractivity contribution in [1.82, 2.24) is 0 Å². The average molecular weight is 351 g/mol.